The number of benzene rings is 1. The average molecular weight is 175 g/mol. The average Bonchev–Trinajstić information content (AvgIpc) is 2.16. The van der Waals surface area contributed by atoms with Crippen molar-refractivity contribution in [3.05, 3.63) is 29.6 Å². The van der Waals surface area contributed by atoms with Crippen molar-refractivity contribution < 1.29 is 9.13 Å². The summed E-state index contributed by atoms with van der Waals surface area (Å²) in [7, 11) is 0. The molecule has 64 valence electrons. The van der Waals surface area contributed by atoms with E-state index in [0.29, 0.717) is 5.75 Å². The van der Waals surface area contributed by atoms with Crippen LogP contribution in [0, 0.1) is 29.5 Å². The molecular weight excluding hydrogens is 169 g/mol. The van der Waals surface area contributed by atoms with E-state index >= 15 is 0 Å². The minimum atomic E-state index is -0.468. The molecule has 1 aromatic carbocycles. The van der Waals surface area contributed by atoms with Gasteiger partial charge in [-0.25, -0.2) is 4.39 Å². The number of ether oxygens (including phenoxy) is 1. The molecule has 1 rings (SSSR count). The summed E-state index contributed by atoms with van der Waals surface area (Å²) < 4.78 is 17.6. The molecule has 13 heavy (non-hydrogen) atoms. The van der Waals surface area contributed by atoms with Gasteiger partial charge in [0.2, 0.25) is 0 Å². The summed E-state index contributed by atoms with van der Waals surface area (Å²) in [5, 5.41) is 8.59. The maximum atomic E-state index is 12.6. The van der Waals surface area contributed by atoms with Gasteiger partial charge in [-0.3, -0.25) is 0 Å². The molecule has 0 aliphatic heterocycles. The second-order valence-corrected chi connectivity index (χ2v) is 2.25. The number of rotatable bonds is 2. The maximum absolute atomic E-state index is 12.6. The molecule has 0 heterocycles. The molecule has 0 saturated heterocycles. The van der Waals surface area contributed by atoms with Crippen LogP contribution < -0.4 is 4.74 Å². The number of terminal acetylenes is 1. The lowest BCUT2D eigenvalue weighted by Gasteiger charge is -2.03. The molecule has 0 saturated carbocycles. The maximum Gasteiger partial charge on any atom is 0.148 e. The Morgan fingerprint density at radius 1 is 1.54 bits per heavy atom. The predicted octanol–water partition coefficient (Wildman–Crippen LogP) is 1.71. The van der Waals surface area contributed by atoms with Crippen LogP contribution >= 0.6 is 0 Å². The molecule has 0 N–H and O–H groups in total. The van der Waals surface area contributed by atoms with Gasteiger partial charge < -0.3 is 4.74 Å². The third-order valence-electron chi connectivity index (χ3n) is 1.37. The van der Waals surface area contributed by atoms with E-state index in [2.05, 4.69) is 5.92 Å². The Morgan fingerprint density at radius 3 is 2.92 bits per heavy atom. The molecule has 0 aliphatic carbocycles. The van der Waals surface area contributed by atoms with Crippen LogP contribution in [0.15, 0.2) is 18.2 Å². The third-order valence-corrected chi connectivity index (χ3v) is 1.37. The quantitative estimate of drug-likeness (QED) is 0.641. The Morgan fingerprint density at radius 2 is 2.31 bits per heavy atom. The van der Waals surface area contributed by atoms with Crippen LogP contribution in [0.4, 0.5) is 4.39 Å². The standard InChI is InChI=1S/C10H6FNO/c1-2-5-13-10-4-3-9(11)6-8(10)7-12/h1,3-4,6H,5H2. The van der Waals surface area contributed by atoms with Crippen molar-refractivity contribution in [1.29, 1.82) is 5.26 Å². The molecule has 0 spiro atoms. The summed E-state index contributed by atoms with van der Waals surface area (Å²) >= 11 is 0. The second kappa shape index (κ2) is 4.13. The van der Waals surface area contributed by atoms with Gasteiger partial charge in [-0.2, -0.15) is 5.26 Å². The van der Waals surface area contributed by atoms with Crippen LogP contribution in [-0.4, -0.2) is 6.61 Å². The fourth-order valence-electron chi connectivity index (χ4n) is 0.835. The van der Waals surface area contributed by atoms with Gasteiger partial charge in [0, 0.05) is 0 Å². The van der Waals surface area contributed by atoms with Crippen molar-refractivity contribution in [3.8, 4) is 24.2 Å². The van der Waals surface area contributed by atoms with E-state index in [0.717, 1.165) is 6.07 Å². The van der Waals surface area contributed by atoms with Gasteiger partial charge in [0.15, 0.2) is 0 Å². The van der Waals surface area contributed by atoms with E-state index in [4.69, 9.17) is 16.4 Å². The van der Waals surface area contributed by atoms with E-state index in [9.17, 15) is 4.39 Å². The molecule has 0 unspecified atom stereocenters. The van der Waals surface area contributed by atoms with E-state index < -0.39 is 5.82 Å². The van der Waals surface area contributed by atoms with Gasteiger partial charge in [-0.1, -0.05) is 5.92 Å². The van der Waals surface area contributed by atoms with Gasteiger partial charge in [0.05, 0.1) is 5.56 Å². The van der Waals surface area contributed by atoms with Crippen LogP contribution in [0.1, 0.15) is 5.56 Å². The molecule has 0 fully saturated rings. The smallest absolute Gasteiger partial charge is 0.148 e. The van der Waals surface area contributed by atoms with Crippen LogP contribution in [0.25, 0.3) is 0 Å². The van der Waals surface area contributed by atoms with Crippen molar-refractivity contribution in [3.63, 3.8) is 0 Å². The summed E-state index contributed by atoms with van der Waals surface area (Å²) in [6.07, 6.45) is 4.97. The Kier molecular flexibility index (Phi) is 2.89. The fraction of sp³-hybridized carbons (Fsp3) is 0.100. The lowest BCUT2D eigenvalue weighted by atomic mass is 10.2. The highest BCUT2D eigenvalue weighted by Crippen LogP contribution is 2.18. The zero-order valence-corrected chi connectivity index (χ0v) is 6.75. The topological polar surface area (TPSA) is 33.0 Å². The first-order chi connectivity index (χ1) is 6.27. The molecule has 0 bridgehead atoms. The van der Waals surface area contributed by atoms with Gasteiger partial charge in [0.25, 0.3) is 0 Å². The third kappa shape index (κ3) is 2.21. The summed E-state index contributed by atoms with van der Waals surface area (Å²) in [5.74, 6) is 2.10. The Hall–Kier alpha value is -2.00. The zero-order valence-electron chi connectivity index (χ0n) is 6.75. The van der Waals surface area contributed by atoms with Gasteiger partial charge in [0.1, 0.15) is 24.2 Å². The number of nitrogens with zero attached hydrogens (tertiary/aromatic N) is 1. The van der Waals surface area contributed by atoms with Gasteiger partial charge >= 0.3 is 0 Å². The SMILES string of the molecule is C#CCOc1ccc(F)cc1C#N. The van der Waals surface area contributed by atoms with Crippen molar-refractivity contribution in [2.45, 2.75) is 0 Å². The van der Waals surface area contributed by atoms with Crippen molar-refractivity contribution in [2.75, 3.05) is 6.61 Å². The normalized spacial score (nSPS) is 8.54. The fourth-order valence-corrected chi connectivity index (χ4v) is 0.835. The van der Waals surface area contributed by atoms with Crippen LogP contribution in [0.2, 0.25) is 0 Å². The Balaban J connectivity index is 2.96. The molecule has 0 atom stereocenters. The molecule has 0 aliphatic rings. The molecule has 1 aromatic rings. The number of nitriles is 1. The lowest BCUT2D eigenvalue weighted by molar-refractivity contribution is 0.368. The number of halogens is 1. The first-order valence-corrected chi connectivity index (χ1v) is 3.54. The van der Waals surface area contributed by atoms with Crippen molar-refractivity contribution in [2.24, 2.45) is 0 Å². The van der Waals surface area contributed by atoms with E-state index in [1.807, 2.05) is 6.07 Å². The molecule has 3 heteroatoms. The van der Waals surface area contributed by atoms with Crippen LogP contribution in [0.3, 0.4) is 0 Å². The number of hydrogen-bond donors (Lipinski definition) is 0. The molecule has 2 nitrogen and oxygen atoms in total. The minimum absolute atomic E-state index is 0.0698. The Labute approximate surface area is 75.6 Å². The largest absolute Gasteiger partial charge is 0.480 e. The zero-order chi connectivity index (χ0) is 9.68. The second-order valence-electron chi connectivity index (χ2n) is 2.25. The van der Waals surface area contributed by atoms with E-state index in [1.165, 1.54) is 12.1 Å². The molecule has 0 aromatic heterocycles. The highest BCUT2D eigenvalue weighted by Gasteiger charge is 2.03. The molecule has 0 radical (unpaired) electrons. The summed E-state index contributed by atoms with van der Waals surface area (Å²) in [6.45, 7) is 0.0698. The van der Waals surface area contributed by atoms with E-state index in [-0.39, 0.29) is 12.2 Å². The highest BCUT2D eigenvalue weighted by atomic mass is 19.1. The summed E-state index contributed by atoms with van der Waals surface area (Å²) in [5.41, 5.74) is 0.148. The predicted molar refractivity (Wildman–Crippen MR) is 45.4 cm³/mol. The Bertz CT molecular complexity index is 387. The molecular formula is C10H6FNO. The summed E-state index contributed by atoms with van der Waals surface area (Å²) in [4.78, 5) is 0. The highest BCUT2D eigenvalue weighted by molar-refractivity contribution is 5.43. The van der Waals surface area contributed by atoms with Gasteiger partial charge in [-0.05, 0) is 18.2 Å². The van der Waals surface area contributed by atoms with Gasteiger partial charge in [-0.15, -0.1) is 6.42 Å². The summed E-state index contributed by atoms with van der Waals surface area (Å²) in [6, 6.07) is 5.51. The van der Waals surface area contributed by atoms with Crippen molar-refractivity contribution >= 4 is 0 Å². The lowest BCUT2D eigenvalue weighted by Crippen LogP contribution is -1.96. The first kappa shape index (κ1) is 9.09. The van der Waals surface area contributed by atoms with Crippen LogP contribution in [0.5, 0.6) is 5.75 Å². The van der Waals surface area contributed by atoms with Crippen molar-refractivity contribution in [1.82, 2.24) is 0 Å². The van der Waals surface area contributed by atoms with Crippen LogP contribution in [-0.2, 0) is 0 Å². The van der Waals surface area contributed by atoms with E-state index in [1.54, 1.807) is 0 Å². The monoisotopic (exact) mass is 175 g/mol. The number of hydrogen-bond acceptors (Lipinski definition) is 2. The minimum Gasteiger partial charge on any atom is -0.480 e. The molecule has 0 amide bonds. The first-order valence-electron chi connectivity index (χ1n) is 3.54.